The molecule has 13 heavy (non-hydrogen) atoms. The third-order valence-electron chi connectivity index (χ3n) is 1.73. The lowest BCUT2D eigenvalue weighted by molar-refractivity contribution is -0.141. The fourth-order valence-electron chi connectivity index (χ4n) is 0.866. The van der Waals surface area contributed by atoms with Gasteiger partial charge in [0.05, 0.1) is 12.5 Å². The molecular formula is C8H16N2O3. The van der Waals surface area contributed by atoms with Gasteiger partial charge in [0, 0.05) is 6.54 Å². The molecule has 0 aliphatic carbocycles. The number of carboxylic acid groups (broad SMARTS) is 1. The van der Waals surface area contributed by atoms with E-state index in [1.54, 1.807) is 14.0 Å². The minimum atomic E-state index is -0.868. The van der Waals surface area contributed by atoms with E-state index in [4.69, 9.17) is 5.11 Å². The van der Waals surface area contributed by atoms with Gasteiger partial charge in [-0.2, -0.15) is 0 Å². The molecule has 76 valence electrons. The first kappa shape index (κ1) is 11.9. The summed E-state index contributed by atoms with van der Waals surface area (Å²) in [7, 11) is 1.66. The highest BCUT2D eigenvalue weighted by atomic mass is 16.4. The minimum absolute atomic E-state index is 0.179. The first-order valence-electron chi connectivity index (χ1n) is 4.25. The lowest BCUT2D eigenvalue weighted by Gasteiger charge is -2.10. The molecule has 0 aromatic rings. The van der Waals surface area contributed by atoms with Crippen molar-refractivity contribution in [3.05, 3.63) is 0 Å². The number of nitrogens with one attached hydrogen (secondary N) is 2. The van der Waals surface area contributed by atoms with Crippen LogP contribution in [0, 0.1) is 5.92 Å². The van der Waals surface area contributed by atoms with Crippen LogP contribution < -0.4 is 10.6 Å². The Bertz CT molecular complexity index is 182. The number of carbonyl (C=O) groups is 2. The van der Waals surface area contributed by atoms with E-state index in [0.717, 1.165) is 0 Å². The van der Waals surface area contributed by atoms with Crippen LogP contribution in [0.25, 0.3) is 0 Å². The number of carboxylic acids is 1. The van der Waals surface area contributed by atoms with Crippen LogP contribution in [0.3, 0.4) is 0 Å². The number of carbonyl (C=O) groups excluding carboxylic acids is 1. The van der Waals surface area contributed by atoms with Gasteiger partial charge in [0.15, 0.2) is 0 Å². The van der Waals surface area contributed by atoms with Gasteiger partial charge in [-0.1, -0.05) is 6.92 Å². The van der Waals surface area contributed by atoms with E-state index >= 15 is 0 Å². The third kappa shape index (κ3) is 5.19. The zero-order valence-electron chi connectivity index (χ0n) is 7.96. The Morgan fingerprint density at radius 3 is 2.46 bits per heavy atom. The number of aliphatic carboxylic acids is 1. The zero-order valence-corrected chi connectivity index (χ0v) is 7.96. The van der Waals surface area contributed by atoms with Crippen LogP contribution in [0.15, 0.2) is 0 Å². The molecule has 0 heterocycles. The van der Waals surface area contributed by atoms with Crippen molar-refractivity contribution < 1.29 is 14.7 Å². The van der Waals surface area contributed by atoms with Crippen molar-refractivity contribution in [1.29, 1.82) is 0 Å². The average molecular weight is 188 g/mol. The normalized spacial score (nSPS) is 12.2. The van der Waals surface area contributed by atoms with Crippen LogP contribution in [-0.4, -0.2) is 37.1 Å². The van der Waals surface area contributed by atoms with Gasteiger partial charge in [-0.25, -0.2) is 0 Å². The Morgan fingerprint density at radius 1 is 1.46 bits per heavy atom. The van der Waals surface area contributed by atoms with Gasteiger partial charge in [0.2, 0.25) is 5.91 Å². The summed E-state index contributed by atoms with van der Waals surface area (Å²) in [5, 5.41) is 13.9. The number of amides is 1. The molecule has 5 heteroatoms. The van der Waals surface area contributed by atoms with Gasteiger partial charge in [0.1, 0.15) is 0 Å². The predicted molar refractivity (Wildman–Crippen MR) is 48.4 cm³/mol. The smallest absolute Gasteiger partial charge is 0.308 e. The fraction of sp³-hybridized carbons (Fsp3) is 0.750. The lowest BCUT2D eigenvalue weighted by Crippen LogP contribution is -2.37. The van der Waals surface area contributed by atoms with Crippen molar-refractivity contribution in [2.24, 2.45) is 5.92 Å². The van der Waals surface area contributed by atoms with E-state index in [-0.39, 0.29) is 19.0 Å². The van der Waals surface area contributed by atoms with E-state index in [1.165, 1.54) is 0 Å². The summed E-state index contributed by atoms with van der Waals surface area (Å²) in [6.45, 7) is 2.20. The molecule has 5 nitrogen and oxygen atoms in total. The van der Waals surface area contributed by atoms with E-state index in [9.17, 15) is 9.59 Å². The van der Waals surface area contributed by atoms with Crippen LogP contribution in [0.4, 0.5) is 0 Å². The Hall–Kier alpha value is -1.10. The van der Waals surface area contributed by atoms with Crippen molar-refractivity contribution in [3.8, 4) is 0 Å². The molecule has 0 aromatic heterocycles. The second-order valence-corrected chi connectivity index (χ2v) is 2.78. The van der Waals surface area contributed by atoms with Crippen molar-refractivity contribution in [2.75, 3.05) is 20.1 Å². The quantitative estimate of drug-likeness (QED) is 0.521. The molecule has 0 aromatic carbocycles. The second-order valence-electron chi connectivity index (χ2n) is 2.78. The molecule has 0 fully saturated rings. The monoisotopic (exact) mass is 188 g/mol. The van der Waals surface area contributed by atoms with Crippen LogP contribution in [0.2, 0.25) is 0 Å². The number of rotatable bonds is 6. The van der Waals surface area contributed by atoms with Gasteiger partial charge in [-0.15, -0.1) is 0 Å². The molecule has 0 bridgehead atoms. The highest BCUT2D eigenvalue weighted by molar-refractivity contribution is 5.79. The highest BCUT2D eigenvalue weighted by Gasteiger charge is 2.15. The van der Waals surface area contributed by atoms with E-state index in [0.29, 0.717) is 6.42 Å². The molecule has 0 aliphatic rings. The molecule has 0 saturated carbocycles. The van der Waals surface area contributed by atoms with Crippen LogP contribution >= 0.6 is 0 Å². The molecule has 0 aliphatic heterocycles. The third-order valence-corrected chi connectivity index (χ3v) is 1.73. The first-order chi connectivity index (χ1) is 6.11. The van der Waals surface area contributed by atoms with Gasteiger partial charge in [0.25, 0.3) is 0 Å². The molecule has 0 spiro atoms. The number of likely N-dealkylation sites (N-methyl/N-ethyl adjacent to an activating group) is 1. The maximum Gasteiger partial charge on any atom is 0.308 e. The molecule has 0 rings (SSSR count). The topological polar surface area (TPSA) is 78.4 Å². The molecule has 0 radical (unpaired) electrons. The SMILES string of the molecule is CCC(CNC(=O)CNC)C(=O)O. The summed E-state index contributed by atoms with van der Waals surface area (Å²) >= 11 is 0. The first-order valence-corrected chi connectivity index (χ1v) is 4.25. The number of hydrogen-bond acceptors (Lipinski definition) is 3. The Labute approximate surface area is 77.5 Å². The molecule has 3 N–H and O–H groups in total. The number of hydrogen-bond donors (Lipinski definition) is 3. The van der Waals surface area contributed by atoms with Crippen LogP contribution in [0.1, 0.15) is 13.3 Å². The maximum absolute atomic E-state index is 10.9. The van der Waals surface area contributed by atoms with E-state index < -0.39 is 11.9 Å². The minimum Gasteiger partial charge on any atom is -0.481 e. The second kappa shape index (κ2) is 6.42. The molecule has 1 atom stereocenters. The molecule has 1 amide bonds. The Kier molecular flexibility index (Phi) is 5.88. The standard InChI is InChI=1S/C8H16N2O3/c1-3-6(8(12)13)4-10-7(11)5-9-2/h6,9H,3-5H2,1-2H3,(H,10,11)(H,12,13). The van der Waals surface area contributed by atoms with Gasteiger partial charge in [-0.3, -0.25) is 9.59 Å². The Morgan fingerprint density at radius 2 is 2.08 bits per heavy atom. The Balaban J connectivity index is 3.72. The lowest BCUT2D eigenvalue weighted by atomic mass is 10.1. The predicted octanol–water partition coefficient (Wildman–Crippen LogP) is -0.567. The maximum atomic E-state index is 10.9. The fourth-order valence-corrected chi connectivity index (χ4v) is 0.866. The van der Waals surface area contributed by atoms with Crippen LogP contribution in [-0.2, 0) is 9.59 Å². The van der Waals surface area contributed by atoms with Crippen molar-refractivity contribution in [2.45, 2.75) is 13.3 Å². The largest absolute Gasteiger partial charge is 0.481 e. The van der Waals surface area contributed by atoms with Crippen LogP contribution in [0.5, 0.6) is 0 Å². The van der Waals surface area contributed by atoms with E-state index in [2.05, 4.69) is 10.6 Å². The molecule has 1 unspecified atom stereocenters. The summed E-state index contributed by atoms with van der Waals surface area (Å²) < 4.78 is 0. The van der Waals surface area contributed by atoms with Gasteiger partial charge in [-0.05, 0) is 13.5 Å². The summed E-state index contributed by atoms with van der Waals surface area (Å²) in [4.78, 5) is 21.5. The highest BCUT2D eigenvalue weighted by Crippen LogP contribution is 1.99. The average Bonchev–Trinajstić information content (AvgIpc) is 2.05. The zero-order chi connectivity index (χ0) is 10.3. The van der Waals surface area contributed by atoms with Crippen molar-refractivity contribution >= 4 is 11.9 Å². The molecule has 0 saturated heterocycles. The summed E-state index contributed by atoms with van der Waals surface area (Å²) in [5.41, 5.74) is 0. The van der Waals surface area contributed by atoms with Crippen molar-refractivity contribution in [1.82, 2.24) is 10.6 Å². The van der Waals surface area contributed by atoms with Gasteiger partial charge < -0.3 is 15.7 Å². The molecular weight excluding hydrogens is 172 g/mol. The summed E-state index contributed by atoms with van der Waals surface area (Å²) in [5.74, 6) is -1.53. The van der Waals surface area contributed by atoms with Gasteiger partial charge >= 0.3 is 5.97 Å². The summed E-state index contributed by atoms with van der Waals surface area (Å²) in [6, 6.07) is 0. The van der Waals surface area contributed by atoms with E-state index in [1.807, 2.05) is 0 Å². The van der Waals surface area contributed by atoms with Crippen molar-refractivity contribution in [3.63, 3.8) is 0 Å². The summed E-state index contributed by atoms with van der Waals surface area (Å²) in [6.07, 6.45) is 0.523.